The van der Waals surface area contributed by atoms with E-state index in [9.17, 15) is 0 Å². The zero-order chi connectivity index (χ0) is 18.5. The number of rotatable bonds is 4. The van der Waals surface area contributed by atoms with E-state index in [0.717, 1.165) is 31.3 Å². The maximum atomic E-state index is 5.25. The average Bonchev–Trinajstić information content (AvgIpc) is 3.36. The number of anilines is 1. The Morgan fingerprint density at radius 3 is 2.33 bits per heavy atom. The molecule has 2 aliphatic carbocycles. The van der Waals surface area contributed by atoms with Crippen molar-refractivity contribution in [2.75, 3.05) is 31.6 Å². The fourth-order valence-corrected chi connectivity index (χ4v) is 5.13. The maximum Gasteiger partial charge on any atom is 0.119 e. The molecule has 0 aromatic heterocycles. The van der Waals surface area contributed by atoms with Gasteiger partial charge in [0.15, 0.2) is 0 Å². The lowest BCUT2D eigenvalue weighted by atomic mass is 9.84. The SMILES string of the molecule is C1CC2CC1O2.COc1ccc(N2CCNC(CC3CCCCC3)C2)cc1. The van der Waals surface area contributed by atoms with Crippen LogP contribution in [0, 0.1) is 5.92 Å². The minimum absolute atomic E-state index is 0.656. The highest BCUT2D eigenvalue weighted by Gasteiger charge is 2.36. The first-order valence-corrected chi connectivity index (χ1v) is 11.1. The Morgan fingerprint density at radius 1 is 1.04 bits per heavy atom. The molecular formula is C23H36N2O2. The minimum atomic E-state index is 0.656. The van der Waals surface area contributed by atoms with Crippen LogP contribution in [0.15, 0.2) is 24.3 Å². The molecule has 150 valence electrons. The van der Waals surface area contributed by atoms with Gasteiger partial charge in [-0.15, -0.1) is 0 Å². The molecule has 1 aromatic rings. The number of hydrogen-bond donors (Lipinski definition) is 1. The van der Waals surface area contributed by atoms with E-state index in [1.807, 2.05) is 0 Å². The number of methoxy groups -OCH3 is 1. The van der Waals surface area contributed by atoms with Crippen LogP contribution in [0.25, 0.3) is 0 Å². The number of nitrogens with zero attached hydrogens (tertiary/aromatic N) is 1. The molecule has 5 aliphatic rings. The highest BCUT2D eigenvalue weighted by atomic mass is 16.5. The van der Waals surface area contributed by atoms with Crippen LogP contribution in [0.5, 0.6) is 5.75 Å². The van der Waals surface area contributed by atoms with Gasteiger partial charge in [-0.3, -0.25) is 0 Å². The summed E-state index contributed by atoms with van der Waals surface area (Å²) in [4.78, 5) is 2.52. The summed E-state index contributed by atoms with van der Waals surface area (Å²) in [7, 11) is 1.72. The number of fused-ring (bicyclic) bond motifs is 1. The maximum absolute atomic E-state index is 5.25. The van der Waals surface area contributed by atoms with Gasteiger partial charge in [-0.1, -0.05) is 32.1 Å². The van der Waals surface area contributed by atoms with Crippen molar-refractivity contribution in [2.24, 2.45) is 5.92 Å². The molecule has 3 aliphatic heterocycles. The molecule has 1 N–H and O–H groups in total. The van der Waals surface area contributed by atoms with Gasteiger partial charge in [-0.25, -0.2) is 0 Å². The lowest BCUT2D eigenvalue weighted by Gasteiger charge is -2.37. The topological polar surface area (TPSA) is 33.7 Å². The number of ether oxygens (including phenoxy) is 2. The van der Waals surface area contributed by atoms with Crippen LogP contribution in [-0.2, 0) is 4.74 Å². The van der Waals surface area contributed by atoms with Crippen LogP contribution in [0.4, 0.5) is 5.69 Å². The van der Waals surface area contributed by atoms with Crippen molar-refractivity contribution < 1.29 is 9.47 Å². The standard InChI is InChI=1S/C18H28N2O.C5H8O/c1-21-18-9-7-17(8-10-18)20-12-11-19-16(14-20)13-15-5-3-2-4-6-15;1-2-5-3-4(1)6-5/h7-10,15-16,19H,2-6,11-14H2,1H3;4-5H,1-3H2. The zero-order valence-corrected chi connectivity index (χ0v) is 16.9. The molecule has 3 atom stereocenters. The molecule has 2 bridgehead atoms. The quantitative estimate of drug-likeness (QED) is 0.850. The predicted octanol–water partition coefficient (Wildman–Crippen LogP) is 4.38. The summed E-state index contributed by atoms with van der Waals surface area (Å²) in [5.41, 5.74) is 1.32. The van der Waals surface area contributed by atoms with Crippen molar-refractivity contribution in [1.82, 2.24) is 5.32 Å². The van der Waals surface area contributed by atoms with Gasteiger partial charge in [0.1, 0.15) is 5.75 Å². The normalized spacial score (nSPS) is 30.3. The molecule has 0 spiro atoms. The highest BCUT2D eigenvalue weighted by molar-refractivity contribution is 5.49. The molecule has 2 saturated carbocycles. The third kappa shape index (κ3) is 5.17. The minimum Gasteiger partial charge on any atom is -0.497 e. The second-order valence-electron chi connectivity index (χ2n) is 8.73. The van der Waals surface area contributed by atoms with Crippen LogP contribution < -0.4 is 15.0 Å². The summed E-state index contributed by atoms with van der Waals surface area (Å²) in [5, 5.41) is 3.72. The van der Waals surface area contributed by atoms with Crippen LogP contribution in [0.2, 0.25) is 0 Å². The van der Waals surface area contributed by atoms with Gasteiger partial charge in [0, 0.05) is 31.4 Å². The summed E-state index contributed by atoms with van der Waals surface area (Å²) in [6.45, 7) is 3.35. The van der Waals surface area contributed by atoms with Crippen molar-refractivity contribution in [3.8, 4) is 5.75 Å². The molecule has 3 unspecified atom stereocenters. The Morgan fingerprint density at radius 2 is 1.74 bits per heavy atom. The molecule has 4 nitrogen and oxygen atoms in total. The Balaban J connectivity index is 0.000000250. The Hall–Kier alpha value is -1.26. The number of hydrogen-bond acceptors (Lipinski definition) is 4. The molecule has 4 heteroatoms. The van der Waals surface area contributed by atoms with E-state index in [1.54, 1.807) is 7.11 Å². The molecule has 0 radical (unpaired) electrons. The molecule has 3 saturated heterocycles. The van der Waals surface area contributed by atoms with Gasteiger partial charge in [0.25, 0.3) is 0 Å². The van der Waals surface area contributed by atoms with Crippen LogP contribution in [0.1, 0.15) is 57.8 Å². The summed E-state index contributed by atoms with van der Waals surface area (Å²) < 4.78 is 10.5. The van der Waals surface area contributed by atoms with E-state index in [2.05, 4.69) is 34.5 Å². The van der Waals surface area contributed by atoms with Crippen LogP contribution in [0.3, 0.4) is 0 Å². The fourth-order valence-electron chi connectivity index (χ4n) is 5.13. The first kappa shape index (κ1) is 19.1. The van der Waals surface area contributed by atoms with Gasteiger partial charge in [-0.05, 0) is 55.9 Å². The van der Waals surface area contributed by atoms with E-state index in [-0.39, 0.29) is 0 Å². The smallest absolute Gasteiger partial charge is 0.119 e. The van der Waals surface area contributed by atoms with Crippen LogP contribution >= 0.6 is 0 Å². The first-order valence-electron chi connectivity index (χ1n) is 11.1. The summed E-state index contributed by atoms with van der Waals surface area (Å²) in [6.07, 6.45) is 14.0. The van der Waals surface area contributed by atoms with E-state index in [1.165, 1.54) is 63.5 Å². The van der Waals surface area contributed by atoms with E-state index >= 15 is 0 Å². The lowest BCUT2D eigenvalue weighted by molar-refractivity contribution is -0.0647. The molecule has 5 fully saturated rings. The zero-order valence-electron chi connectivity index (χ0n) is 16.9. The number of benzene rings is 1. The van der Waals surface area contributed by atoms with Gasteiger partial charge in [0.05, 0.1) is 19.3 Å². The number of nitrogens with one attached hydrogen (secondary N) is 1. The van der Waals surface area contributed by atoms with E-state index < -0.39 is 0 Å². The van der Waals surface area contributed by atoms with Crippen molar-refractivity contribution in [3.63, 3.8) is 0 Å². The Labute approximate surface area is 164 Å². The molecule has 0 amide bonds. The lowest BCUT2D eigenvalue weighted by Crippen LogP contribution is -2.51. The third-order valence-electron chi connectivity index (χ3n) is 6.76. The second kappa shape index (κ2) is 9.29. The van der Waals surface area contributed by atoms with Crippen molar-refractivity contribution in [1.29, 1.82) is 0 Å². The molecule has 3 heterocycles. The van der Waals surface area contributed by atoms with Gasteiger partial charge in [-0.2, -0.15) is 0 Å². The van der Waals surface area contributed by atoms with Gasteiger partial charge in [0.2, 0.25) is 0 Å². The van der Waals surface area contributed by atoms with Gasteiger partial charge >= 0.3 is 0 Å². The monoisotopic (exact) mass is 372 g/mol. The Bertz CT molecular complexity index is 551. The summed E-state index contributed by atoms with van der Waals surface area (Å²) >= 11 is 0. The molecular weight excluding hydrogens is 336 g/mol. The van der Waals surface area contributed by atoms with E-state index in [4.69, 9.17) is 9.47 Å². The molecule has 1 aromatic carbocycles. The van der Waals surface area contributed by atoms with Gasteiger partial charge < -0.3 is 19.7 Å². The summed E-state index contributed by atoms with van der Waals surface area (Å²) in [5.74, 6) is 1.89. The predicted molar refractivity (Wildman–Crippen MR) is 111 cm³/mol. The number of piperazine rings is 1. The fraction of sp³-hybridized carbons (Fsp3) is 0.739. The first-order chi connectivity index (χ1) is 13.3. The highest BCUT2D eigenvalue weighted by Crippen LogP contribution is 2.36. The molecule has 6 rings (SSSR count). The third-order valence-corrected chi connectivity index (χ3v) is 6.76. The average molecular weight is 373 g/mol. The van der Waals surface area contributed by atoms with Crippen molar-refractivity contribution in [2.45, 2.75) is 76.0 Å². The second-order valence-corrected chi connectivity index (χ2v) is 8.73. The largest absolute Gasteiger partial charge is 0.497 e. The van der Waals surface area contributed by atoms with Crippen molar-refractivity contribution in [3.05, 3.63) is 24.3 Å². The summed E-state index contributed by atoms with van der Waals surface area (Å²) in [6, 6.07) is 9.15. The Kier molecular flexibility index (Phi) is 6.56. The van der Waals surface area contributed by atoms with Crippen LogP contribution in [-0.4, -0.2) is 45.0 Å². The van der Waals surface area contributed by atoms with Crippen molar-refractivity contribution >= 4 is 5.69 Å². The molecule has 27 heavy (non-hydrogen) atoms. The van der Waals surface area contributed by atoms with E-state index in [0.29, 0.717) is 18.2 Å².